The van der Waals surface area contributed by atoms with Gasteiger partial charge in [0.1, 0.15) is 5.01 Å². The molecular weight excluding hydrogens is 236 g/mol. The van der Waals surface area contributed by atoms with Gasteiger partial charge in [-0.15, -0.1) is 11.3 Å². The fraction of sp³-hybridized carbons (Fsp3) is 0.250. The molecule has 1 aromatic carbocycles. The molecule has 1 atom stereocenters. The van der Waals surface area contributed by atoms with E-state index in [-0.39, 0.29) is 17.5 Å². The van der Waals surface area contributed by atoms with E-state index in [0.717, 1.165) is 10.6 Å². The van der Waals surface area contributed by atoms with E-state index < -0.39 is 0 Å². The number of rotatable bonds is 4. The number of phenolic OH excluding ortho intramolecular Hbond substituents is 2. The van der Waals surface area contributed by atoms with Crippen molar-refractivity contribution in [2.24, 2.45) is 0 Å². The quantitative estimate of drug-likeness (QED) is 0.729. The summed E-state index contributed by atoms with van der Waals surface area (Å²) in [7, 11) is 0. The molecule has 2 aromatic rings. The van der Waals surface area contributed by atoms with Crippen molar-refractivity contribution in [3.63, 3.8) is 0 Å². The van der Waals surface area contributed by atoms with E-state index in [1.807, 2.05) is 12.3 Å². The van der Waals surface area contributed by atoms with E-state index in [9.17, 15) is 10.2 Å². The summed E-state index contributed by atoms with van der Waals surface area (Å²) in [5.41, 5.74) is 0.920. The predicted molar refractivity (Wildman–Crippen MR) is 67.1 cm³/mol. The van der Waals surface area contributed by atoms with Gasteiger partial charge in [0.25, 0.3) is 0 Å². The van der Waals surface area contributed by atoms with Crippen LogP contribution in [0.2, 0.25) is 0 Å². The molecule has 0 radical (unpaired) electrons. The van der Waals surface area contributed by atoms with Crippen LogP contribution in [-0.4, -0.2) is 15.2 Å². The van der Waals surface area contributed by atoms with Gasteiger partial charge in [0.2, 0.25) is 0 Å². The number of nitrogens with one attached hydrogen (secondary N) is 1. The smallest absolute Gasteiger partial charge is 0.157 e. The lowest BCUT2D eigenvalue weighted by Gasteiger charge is -2.11. The summed E-state index contributed by atoms with van der Waals surface area (Å²) in [6.07, 6.45) is 1.78. The van der Waals surface area contributed by atoms with Gasteiger partial charge in [-0.2, -0.15) is 0 Å². The molecule has 0 aliphatic rings. The summed E-state index contributed by atoms with van der Waals surface area (Å²) < 4.78 is 0. The Morgan fingerprint density at radius 2 is 2.18 bits per heavy atom. The first-order valence-corrected chi connectivity index (χ1v) is 6.18. The average molecular weight is 250 g/mol. The minimum atomic E-state index is -0.0956. The van der Waals surface area contributed by atoms with Gasteiger partial charge >= 0.3 is 0 Å². The summed E-state index contributed by atoms with van der Waals surface area (Å²) >= 11 is 1.61. The molecule has 0 amide bonds. The Morgan fingerprint density at radius 3 is 2.82 bits per heavy atom. The van der Waals surface area contributed by atoms with Crippen LogP contribution in [0.5, 0.6) is 11.5 Å². The van der Waals surface area contributed by atoms with Crippen LogP contribution in [0.15, 0.2) is 29.8 Å². The number of benzene rings is 1. The number of thiazole rings is 1. The molecule has 3 N–H and O–H groups in total. The molecule has 1 aromatic heterocycles. The van der Waals surface area contributed by atoms with E-state index in [4.69, 9.17) is 0 Å². The molecule has 2 rings (SSSR count). The van der Waals surface area contributed by atoms with E-state index in [0.29, 0.717) is 6.54 Å². The third-order valence-electron chi connectivity index (χ3n) is 2.47. The highest BCUT2D eigenvalue weighted by Gasteiger charge is 2.07. The Kier molecular flexibility index (Phi) is 3.61. The second-order valence-corrected chi connectivity index (χ2v) is 4.72. The Hall–Kier alpha value is -1.59. The maximum absolute atomic E-state index is 9.36. The first-order valence-electron chi connectivity index (χ1n) is 5.30. The molecule has 0 saturated carbocycles. The zero-order valence-electron chi connectivity index (χ0n) is 9.42. The van der Waals surface area contributed by atoms with E-state index >= 15 is 0 Å². The molecule has 90 valence electrons. The number of phenols is 2. The minimum Gasteiger partial charge on any atom is -0.504 e. The van der Waals surface area contributed by atoms with Crippen LogP contribution in [0, 0.1) is 0 Å². The van der Waals surface area contributed by atoms with E-state index in [1.165, 1.54) is 6.07 Å². The molecule has 0 aliphatic carbocycles. The summed E-state index contributed by atoms with van der Waals surface area (Å²) in [5.74, 6) is -0.187. The van der Waals surface area contributed by atoms with Crippen molar-refractivity contribution in [3.8, 4) is 11.5 Å². The van der Waals surface area contributed by atoms with Crippen LogP contribution in [0.25, 0.3) is 0 Å². The van der Waals surface area contributed by atoms with Crippen LogP contribution < -0.4 is 5.32 Å². The summed E-state index contributed by atoms with van der Waals surface area (Å²) in [6, 6.07) is 4.99. The summed E-state index contributed by atoms with van der Waals surface area (Å²) in [5, 5.41) is 24.8. The molecule has 0 fully saturated rings. The van der Waals surface area contributed by atoms with Gasteiger partial charge in [0.05, 0.1) is 6.04 Å². The number of aromatic nitrogens is 1. The second kappa shape index (κ2) is 5.16. The van der Waals surface area contributed by atoms with Crippen LogP contribution in [0.4, 0.5) is 0 Å². The van der Waals surface area contributed by atoms with Crippen molar-refractivity contribution < 1.29 is 10.2 Å². The van der Waals surface area contributed by atoms with Gasteiger partial charge in [-0.25, -0.2) is 4.98 Å². The van der Waals surface area contributed by atoms with Gasteiger partial charge in [-0.05, 0) is 24.6 Å². The van der Waals surface area contributed by atoms with Crippen LogP contribution in [0.3, 0.4) is 0 Å². The van der Waals surface area contributed by atoms with Gasteiger partial charge in [-0.3, -0.25) is 0 Å². The van der Waals surface area contributed by atoms with Crippen molar-refractivity contribution in [3.05, 3.63) is 40.3 Å². The van der Waals surface area contributed by atoms with Crippen molar-refractivity contribution >= 4 is 11.3 Å². The van der Waals surface area contributed by atoms with E-state index in [1.54, 1.807) is 29.7 Å². The fourth-order valence-corrected chi connectivity index (χ4v) is 2.16. The van der Waals surface area contributed by atoms with E-state index in [2.05, 4.69) is 10.3 Å². The molecule has 0 bridgehead atoms. The number of nitrogens with zero attached hydrogens (tertiary/aromatic N) is 1. The van der Waals surface area contributed by atoms with Crippen molar-refractivity contribution in [2.75, 3.05) is 0 Å². The minimum absolute atomic E-state index is 0.0915. The molecule has 17 heavy (non-hydrogen) atoms. The van der Waals surface area contributed by atoms with Crippen molar-refractivity contribution in [1.29, 1.82) is 0 Å². The van der Waals surface area contributed by atoms with Crippen molar-refractivity contribution in [1.82, 2.24) is 10.3 Å². The molecule has 1 unspecified atom stereocenters. The Balaban J connectivity index is 1.96. The van der Waals surface area contributed by atoms with Crippen molar-refractivity contribution in [2.45, 2.75) is 19.5 Å². The lowest BCUT2D eigenvalue weighted by atomic mass is 10.2. The van der Waals surface area contributed by atoms with Gasteiger partial charge < -0.3 is 15.5 Å². The van der Waals surface area contributed by atoms with Gasteiger partial charge in [-0.1, -0.05) is 6.07 Å². The lowest BCUT2D eigenvalue weighted by molar-refractivity contribution is 0.402. The molecule has 5 heteroatoms. The standard InChI is InChI=1S/C12H14N2O2S/c1-8(12-13-4-5-17-12)14-7-9-2-3-10(15)11(16)6-9/h2-6,8,14-16H,7H2,1H3. The topological polar surface area (TPSA) is 65.4 Å². The molecule has 0 aliphatic heterocycles. The van der Waals surface area contributed by atoms with Gasteiger partial charge in [0, 0.05) is 18.1 Å². The van der Waals surface area contributed by atoms with Crippen LogP contribution >= 0.6 is 11.3 Å². The van der Waals surface area contributed by atoms with Crippen LogP contribution in [-0.2, 0) is 6.54 Å². The molecule has 0 spiro atoms. The number of hydrogen-bond donors (Lipinski definition) is 3. The Labute approximate surface area is 104 Å². The molecular formula is C12H14N2O2S. The maximum Gasteiger partial charge on any atom is 0.157 e. The summed E-state index contributed by atoms with van der Waals surface area (Å²) in [4.78, 5) is 4.23. The Morgan fingerprint density at radius 1 is 1.35 bits per heavy atom. The number of aromatic hydroxyl groups is 2. The highest BCUT2D eigenvalue weighted by molar-refractivity contribution is 7.09. The monoisotopic (exact) mass is 250 g/mol. The first kappa shape index (κ1) is 11.9. The molecule has 4 nitrogen and oxygen atoms in total. The highest BCUT2D eigenvalue weighted by Crippen LogP contribution is 2.25. The molecule has 1 heterocycles. The normalized spacial score (nSPS) is 12.5. The average Bonchev–Trinajstić information content (AvgIpc) is 2.84. The third-order valence-corrected chi connectivity index (χ3v) is 3.43. The lowest BCUT2D eigenvalue weighted by Crippen LogP contribution is -2.17. The van der Waals surface area contributed by atoms with Gasteiger partial charge in [0.15, 0.2) is 11.5 Å². The second-order valence-electron chi connectivity index (χ2n) is 3.80. The fourth-order valence-electron chi connectivity index (χ4n) is 1.49. The largest absolute Gasteiger partial charge is 0.504 e. The predicted octanol–water partition coefficient (Wildman–Crippen LogP) is 2.41. The zero-order chi connectivity index (χ0) is 12.3. The number of hydrogen-bond acceptors (Lipinski definition) is 5. The third kappa shape index (κ3) is 2.95. The first-order chi connectivity index (χ1) is 8.16. The Bertz CT molecular complexity index is 485. The molecule has 0 saturated heterocycles. The zero-order valence-corrected chi connectivity index (χ0v) is 10.2. The maximum atomic E-state index is 9.36. The van der Waals surface area contributed by atoms with Crippen LogP contribution in [0.1, 0.15) is 23.5 Å². The highest BCUT2D eigenvalue weighted by atomic mass is 32.1. The SMILES string of the molecule is CC(NCc1ccc(O)c(O)c1)c1nccs1. The summed E-state index contributed by atoms with van der Waals surface area (Å²) in [6.45, 7) is 2.66.